The second-order valence-corrected chi connectivity index (χ2v) is 6.03. The molecule has 0 amide bonds. The number of ether oxygens (including phenoxy) is 1. The summed E-state index contributed by atoms with van der Waals surface area (Å²) >= 11 is 0. The van der Waals surface area contributed by atoms with Crippen LogP contribution >= 0.6 is 0 Å². The van der Waals surface area contributed by atoms with Crippen molar-refractivity contribution >= 4 is 23.4 Å². The number of carbonyl (C=O) groups excluding carboxylic acids is 1. The smallest absolute Gasteiger partial charge is 0.338 e. The Hall–Kier alpha value is -3.41. The van der Waals surface area contributed by atoms with E-state index < -0.39 is 0 Å². The van der Waals surface area contributed by atoms with E-state index >= 15 is 0 Å². The van der Waals surface area contributed by atoms with Crippen molar-refractivity contribution in [2.45, 2.75) is 20.4 Å². The Morgan fingerprint density at radius 3 is 2.48 bits per heavy atom. The van der Waals surface area contributed by atoms with Crippen molar-refractivity contribution in [3.8, 4) is 0 Å². The van der Waals surface area contributed by atoms with Crippen LogP contribution in [0.1, 0.15) is 28.4 Å². The molecular formula is C21H22N4O2. The first-order valence-electron chi connectivity index (χ1n) is 8.80. The van der Waals surface area contributed by atoms with Gasteiger partial charge in [-0.2, -0.15) is 4.98 Å². The summed E-state index contributed by atoms with van der Waals surface area (Å²) in [6.07, 6.45) is 1.69. The third-order valence-electron chi connectivity index (χ3n) is 3.90. The molecule has 0 saturated carbocycles. The van der Waals surface area contributed by atoms with Crippen molar-refractivity contribution in [3.63, 3.8) is 0 Å². The number of aromatic nitrogens is 2. The molecule has 6 nitrogen and oxygen atoms in total. The molecule has 1 heterocycles. The minimum absolute atomic E-state index is 0.331. The van der Waals surface area contributed by atoms with Gasteiger partial charge < -0.3 is 15.4 Å². The molecule has 0 aliphatic carbocycles. The van der Waals surface area contributed by atoms with Crippen molar-refractivity contribution in [1.82, 2.24) is 9.97 Å². The van der Waals surface area contributed by atoms with Crippen LogP contribution in [-0.2, 0) is 11.3 Å². The van der Waals surface area contributed by atoms with E-state index in [1.807, 2.05) is 6.07 Å². The minimum atomic E-state index is -0.331. The number of hydrogen-bond acceptors (Lipinski definition) is 6. The maximum Gasteiger partial charge on any atom is 0.338 e. The van der Waals surface area contributed by atoms with Gasteiger partial charge in [-0.15, -0.1) is 0 Å². The van der Waals surface area contributed by atoms with Crippen LogP contribution in [0.15, 0.2) is 60.8 Å². The molecular weight excluding hydrogens is 340 g/mol. The van der Waals surface area contributed by atoms with Gasteiger partial charge in [0.2, 0.25) is 5.95 Å². The first kappa shape index (κ1) is 18.4. The zero-order valence-corrected chi connectivity index (χ0v) is 15.4. The van der Waals surface area contributed by atoms with Gasteiger partial charge in [0.05, 0.1) is 12.2 Å². The third-order valence-corrected chi connectivity index (χ3v) is 3.90. The molecule has 0 aliphatic rings. The second kappa shape index (κ2) is 8.80. The number of rotatable bonds is 7. The van der Waals surface area contributed by atoms with Crippen molar-refractivity contribution in [1.29, 1.82) is 0 Å². The van der Waals surface area contributed by atoms with Gasteiger partial charge in [-0.05, 0) is 49.7 Å². The average Bonchev–Trinajstić information content (AvgIpc) is 2.69. The fraction of sp³-hybridized carbons (Fsp3) is 0.190. The van der Waals surface area contributed by atoms with E-state index in [-0.39, 0.29) is 5.97 Å². The largest absolute Gasteiger partial charge is 0.462 e. The normalized spacial score (nSPS) is 10.3. The Morgan fingerprint density at radius 2 is 1.78 bits per heavy atom. The Bertz CT molecular complexity index is 893. The molecule has 3 aromatic rings. The number of aryl methyl sites for hydroxylation is 1. The molecule has 0 atom stereocenters. The Balaban J connectivity index is 1.61. The maximum absolute atomic E-state index is 11.7. The summed E-state index contributed by atoms with van der Waals surface area (Å²) in [5.41, 5.74) is 3.72. The standard InChI is InChI=1S/C21H22N4O2/c1-3-27-20(26)17-8-10-18(11-9-17)24-21-22-13-12-19(25-21)23-14-16-6-4-15(2)5-7-16/h4-13H,3,14H2,1-2H3,(H2,22,23,24,25). The topological polar surface area (TPSA) is 76.1 Å². The van der Waals surface area contributed by atoms with Gasteiger partial charge in [-0.1, -0.05) is 29.8 Å². The van der Waals surface area contributed by atoms with Gasteiger partial charge in [-0.3, -0.25) is 0 Å². The van der Waals surface area contributed by atoms with Crippen molar-refractivity contribution in [2.24, 2.45) is 0 Å². The van der Waals surface area contributed by atoms with Crippen LogP contribution in [0.25, 0.3) is 0 Å². The van der Waals surface area contributed by atoms with Gasteiger partial charge in [0.1, 0.15) is 5.82 Å². The van der Waals surface area contributed by atoms with Crippen molar-refractivity contribution in [2.75, 3.05) is 17.2 Å². The van der Waals surface area contributed by atoms with E-state index in [9.17, 15) is 4.79 Å². The Labute approximate surface area is 158 Å². The first-order valence-corrected chi connectivity index (χ1v) is 8.80. The highest BCUT2D eigenvalue weighted by molar-refractivity contribution is 5.89. The lowest BCUT2D eigenvalue weighted by molar-refractivity contribution is 0.0526. The quantitative estimate of drug-likeness (QED) is 0.610. The highest BCUT2D eigenvalue weighted by Gasteiger charge is 2.06. The van der Waals surface area contributed by atoms with Crippen molar-refractivity contribution in [3.05, 3.63) is 77.5 Å². The van der Waals surface area contributed by atoms with Gasteiger partial charge in [0.25, 0.3) is 0 Å². The zero-order chi connectivity index (χ0) is 19.1. The highest BCUT2D eigenvalue weighted by atomic mass is 16.5. The lowest BCUT2D eigenvalue weighted by atomic mass is 10.1. The molecule has 0 bridgehead atoms. The third kappa shape index (κ3) is 5.28. The van der Waals surface area contributed by atoms with E-state index in [1.165, 1.54) is 11.1 Å². The van der Waals surface area contributed by atoms with Crippen molar-refractivity contribution < 1.29 is 9.53 Å². The number of hydrogen-bond donors (Lipinski definition) is 2. The van der Waals surface area contributed by atoms with Crippen LogP contribution in [-0.4, -0.2) is 22.5 Å². The van der Waals surface area contributed by atoms with E-state index in [0.29, 0.717) is 24.7 Å². The molecule has 3 rings (SSSR count). The van der Waals surface area contributed by atoms with E-state index in [0.717, 1.165) is 11.5 Å². The summed E-state index contributed by atoms with van der Waals surface area (Å²) in [5, 5.41) is 6.43. The fourth-order valence-corrected chi connectivity index (χ4v) is 2.45. The molecule has 2 aromatic carbocycles. The molecule has 6 heteroatoms. The van der Waals surface area contributed by atoms with E-state index in [4.69, 9.17) is 4.74 Å². The summed E-state index contributed by atoms with van der Waals surface area (Å²) < 4.78 is 4.98. The molecule has 2 N–H and O–H groups in total. The minimum Gasteiger partial charge on any atom is -0.462 e. The average molecular weight is 362 g/mol. The zero-order valence-electron chi connectivity index (χ0n) is 15.4. The van der Waals surface area contributed by atoms with Crippen LogP contribution in [0, 0.1) is 6.92 Å². The number of esters is 1. The summed E-state index contributed by atoms with van der Waals surface area (Å²) in [5.74, 6) is 0.881. The summed E-state index contributed by atoms with van der Waals surface area (Å²) in [7, 11) is 0. The second-order valence-electron chi connectivity index (χ2n) is 6.03. The number of carbonyl (C=O) groups is 1. The molecule has 138 valence electrons. The van der Waals surface area contributed by atoms with Gasteiger partial charge >= 0.3 is 5.97 Å². The molecule has 0 fully saturated rings. The maximum atomic E-state index is 11.7. The monoisotopic (exact) mass is 362 g/mol. The van der Waals surface area contributed by atoms with Gasteiger partial charge in [0, 0.05) is 18.4 Å². The van der Waals surface area contributed by atoms with Crippen LogP contribution in [0.4, 0.5) is 17.5 Å². The lowest BCUT2D eigenvalue weighted by Gasteiger charge is -2.09. The van der Waals surface area contributed by atoms with Crippen LogP contribution in [0.5, 0.6) is 0 Å². The number of anilines is 3. The molecule has 27 heavy (non-hydrogen) atoms. The number of nitrogens with zero attached hydrogens (tertiary/aromatic N) is 2. The SMILES string of the molecule is CCOC(=O)c1ccc(Nc2nccc(NCc3ccc(C)cc3)n2)cc1. The molecule has 0 spiro atoms. The molecule has 0 saturated heterocycles. The number of benzene rings is 2. The first-order chi connectivity index (χ1) is 13.1. The van der Waals surface area contributed by atoms with Gasteiger partial charge in [0.15, 0.2) is 0 Å². The molecule has 0 unspecified atom stereocenters. The highest BCUT2D eigenvalue weighted by Crippen LogP contribution is 2.16. The van der Waals surface area contributed by atoms with E-state index in [1.54, 1.807) is 37.4 Å². The summed E-state index contributed by atoms with van der Waals surface area (Å²) in [4.78, 5) is 20.4. The number of nitrogens with one attached hydrogen (secondary N) is 2. The molecule has 0 radical (unpaired) electrons. The predicted octanol–water partition coefficient (Wildman–Crippen LogP) is 4.32. The fourth-order valence-electron chi connectivity index (χ4n) is 2.45. The predicted molar refractivity (Wildman–Crippen MR) is 106 cm³/mol. The van der Waals surface area contributed by atoms with Crippen LogP contribution in [0.2, 0.25) is 0 Å². The van der Waals surface area contributed by atoms with E-state index in [2.05, 4.69) is 51.8 Å². The molecule has 0 aliphatic heterocycles. The van der Waals surface area contributed by atoms with Crippen LogP contribution < -0.4 is 10.6 Å². The Kier molecular flexibility index (Phi) is 5.99. The summed E-state index contributed by atoms with van der Waals surface area (Å²) in [6.45, 7) is 4.89. The lowest BCUT2D eigenvalue weighted by Crippen LogP contribution is -2.05. The Morgan fingerprint density at radius 1 is 1.04 bits per heavy atom. The summed E-state index contributed by atoms with van der Waals surface area (Å²) in [6, 6.07) is 17.2. The van der Waals surface area contributed by atoms with Crippen LogP contribution in [0.3, 0.4) is 0 Å². The van der Waals surface area contributed by atoms with Gasteiger partial charge in [-0.25, -0.2) is 9.78 Å². The molecule has 1 aromatic heterocycles.